The monoisotopic (exact) mass is 509 g/mol. The minimum atomic E-state index is -0.545. The van der Waals surface area contributed by atoms with Gasteiger partial charge in [0.1, 0.15) is 24.0 Å². The molecule has 9 heteroatoms. The molecule has 0 aliphatic rings. The lowest BCUT2D eigenvalue weighted by atomic mass is 10.1. The zero-order valence-corrected chi connectivity index (χ0v) is 21.1. The second-order valence-corrected chi connectivity index (χ2v) is 7.99. The van der Waals surface area contributed by atoms with E-state index in [0.717, 1.165) is 11.1 Å². The zero-order chi connectivity index (χ0) is 26.7. The van der Waals surface area contributed by atoms with Crippen molar-refractivity contribution in [3.8, 4) is 34.6 Å². The Morgan fingerprint density at radius 1 is 0.974 bits per heavy atom. The number of hydrogen-bond donors (Lipinski definition) is 2. The molecule has 1 heterocycles. The van der Waals surface area contributed by atoms with Crippen molar-refractivity contribution in [2.75, 3.05) is 18.6 Å². The number of nitriles is 1. The molecule has 2 N–H and O–H groups in total. The second kappa shape index (κ2) is 12.7. The summed E-state index contributed by atoms with van der Waals surface area (Å²) in [5, 5.41) is 13.6. The quantitative estimate of drug-likeness (QED) is 0.212. The van der Waals surface area contributed by atoms with E-state index in [1.165, 1.54) is 0 Å². The molecule has 4 aromatic rings. The first-order valence-corrected chi connectivity index (χ1v) is 12.1. The van der Waals surface area contributed by atoms with Gasteiger partial charge in [0.25, 0.3) is 5.56 Å². The number of anilines is 1. The molecule has 0 saturated heterocycles. The first-order valence-electron chi connectivity index (χ1n) is 12.1. The number of hydrazone groups is 1. The highest BCUT2D eigenvalue weighted by atomic mass is 16.5. The van der Waals surface area contributed by atoms with E-state index in [-0.39, 0.29) is 17.2 Å². The number of aromatic amines is 1. The maximum Gasteiger partial charge on any atom is 0.270 e. The van der Waals surface area contributed by atoms with Crippen LogP contribution in [0.2, 0.25) is 0 Å². The van der Waals surface area contributed by atoms with Crippen molar-refractivity contribution in [3.05, 3.63) is 99.8 Å². The van der Waals surface area contributed by atoms with Crippen molar-refractivity contribution in [1.29, 1.82) is 5.26 Å². The molecule has 0 amide bonds. The van der Waals surface area contributed by atoms with Crippen molar-refractivity contribution in [2.24, 2.45) is 5.10 Å². The standard InChI is InChI=1S/C29H27N5O4/c1-3-36-25-14-13-21(16-26(25)37-4-2)19-38-23-12-8-9-20(15-23)18-31-34-29-32-27(22-10-6-5-7-11-22)24(17-30)28(35)33-29/h5-16,18H,3-4,19H2,1-2H3,(H2,32,33,34,35). The lowest BCUT2D eigenvalue weighted by Crippen LogP contribution is -2.16. The Hall–Kier alpha value is -5.10. The molecule has 0 spiro atoms. The highest BCUT2D eigenvalue weighted by Crippen LogP contribution is 2.29. The van der Waals surface area contributed by atoms with Crippen molar-refractivity contribution < 1.29 is 14.2 Å². The SMILES string of the molecule is CCOc1ccc(COc2cccc(C=NNc3nc(-c4ccccc4)c(C#N)c(=O)[nH]3)c2)cc1OCC. The molecule has 0 unspecified atom stereocenters. The highest BCUT2D eigenvalue weighted by Gasteiger charge is 2.13. The van der Waals surface area contributed by atoms with Crippen LogP contribution >= 0.6 is 0 Å². The van der Waals surface area contributed by atoms with Gasteiger partial charge in [-0.05, 0) is 49.2 Å². The van der Waals surface area contributed by atoms with E-state index < -0.39 is 5.56 Å². The summed E-state index contributed by atoms with van der Waals surface area (Å²) in [6.07, 6.45) is 1.58. The maximum atomic E-state index is 12.4. The van der Waals surface area contributed by atoms with Crippen molar-refractivity contribution in [1.82, 2.24) is 9.97 Å². The lowest BCUT2D eigenvalue weighted by Gasteiger charge is -2.13. The zero-order valence-electron chi connectivity index (χ0n) is 21.1. The summed E-state index contributed by atoms with van der Waals surface area (Å²) in [5.74, 6) is 2.18. The third kappa shape index (κ3) is 6.56. The molecule has 0 saturated carbocycles. The molecule has 0 atom stereocenters. The van der Waals surface area contributed by atoms with E-state index in [0.29, 0.717) is 42.6 Å². The van der Waals surface area contributed by atoms with Gasteiger partial charge in [-0.15, -0.1) is 0 Å². The first-order chi connectivity index (χ1) is 18.6. The molecular weight excluding hydrogens is 482 g/mol. The van der Waals surface area contributed by atoms with Gasteiger partial charge in [-0.3, -0.25) is 9.78 Å². The predicted octanol–water partition coefficient (Wildman–Crippen LogP) is 5.13. The molecule has 4 rings (SSSR count). The number of benzene rings is 3. The van der Waals surface area contributed by atoms with E-state index >= 15 is 0 Å². The van der Waals surface area contributed by atoms with E-state index in [2.05, 4.69) is 20.5 Å². The van der Waals surface area contributed by atoms with Gasteiger partial charge < -0.3 is 14.2 Å². The van der Waals surface area contributed by atoms with Crippen LogP contribution in [0, 0.1) is 11.3 Å². The Morgan fingerprint density at radius 2 is 1.76 bits per heavy atom. The normalized spacial score (nSPS) is 10.7. The number of rotatable bonds is 11. The number of nitrogens with one attached hydrogen (secondary N) is 2. The molecule has 0 fully saturated rings. The van der Waals surface area contributed by atoms with Gasteiger partial charge in [-0.25, -0.2) is 10.4 Å². The van der Waals surface area contributed by atoms with Crippen LogP contribution in [0.4, 0.5) is 5.95 Å². The summed E-state index contributed by atoms with van der Waals surface area (Å²) in [6, 6.07) is 24.1. The van der Waals surface area contributed by atoms with Crippen LogP contribution in [0.5, 0.6) is 17.2 Å². The first kappa shape index (κ1) is 26.0. The maximum absolute atomic E-state index is 12.4. The topological polar surface area (TPSA) is 122 Å². The number of aromatic nitrogens is 2. The van der Waals surface area contributed by atoms with Gasteiger partial charge in [0.05, 0.1) is 25.1 Å². The van der Waals surface area contributed by atoms with Gasteiger partial charge >= 0.3 is 0 Å². The van der Waals surface area contributed by atoms with E-state index in [1.807, 2.05) is 80.6 Å². The minimum Gasteiger partial charge on any atom is -0.490 e. The fourth-order valence-corrected chi connectivity index (χ4v) is 3.64. The average molecular weight is 510 g/mol. The smallest absolute Gasteiger partial charge is 0.270 e. The average Bonchev–Trinajstić information content (AvgIpc) is 2.94. The second-order valence-electron chi connectivity index (χ2n) is 7.99. The Balaban J connectivity index is 1.44. The van der Waals surface area contributed by atoms with Crippen molar-refractivity contribution >= 4 is 12.2 Å². The van der Waals surface area contributed by atoms with Gasteiger partial charge in [0.15, 0.2) is 11.5 Å². The number of hydrogen-bond acceptors (Lipinski definition) is 8. The Morgan fingerprint density at radius 3 is 2.53 bits per heavy atom. The summed E-state index contributed by atoms with van der Waals surface area (Å²) < 4.78 is 17.3. The molecule has 1 aromatic heterocycles. The summed E-state index contributed by atoms with van der Waals surface area (Å²) in [6.45, 7) is 5.31. The molecular formula is C29H27N5O4. The molecule has 0 aliphatic carbocycles. The van der Waals surface area contributed by atoms with Crippen LogP contribution in [0.1, 0.15) is 30.5 Å². The molecule has 0 radical (unpaired) electrons. The fourth-order valence-electron chi connectivity index (χ4n) is 3.64. The third-order valence-electron chi connectivity index (χ3n) is 5.33. The number of H-pyrrole nitrogens is 1. The molecule has 38 heavy (non-hydrogen) atoms. The molecule has 0 aliphatic heterocycles. The fraction of sp³-hybridized carbons (Fsp3) is 0.172. The van der Waals surface area contributed by atoms with Crippen molar-refractivity contribution in [2.45, 2.75) is 20.5 Å². The summed E-state index contributed by atoms with van der Waals surface area (Å²) in [7, 11) is 0. The lowest BCUT2D eigenvalue weighted by molar-refractivity contribution is 0.283. The number of ether oxygens (including phenoxy) is 3. The summed E-state index contributed by atoms with van der Waals surface area (Å²) in [4.78, 5) is 19.3. The summed E-state index contributed by atoms with van der Waals surface area (Å²) in [5.41, 5.74) is 4.79. The largest absolute Gasteiger partial charge is 0.490 e. The minimum absolute atomic E-state index is 0.0588. The van der Waals surface area contributed by atoms with E-state index in [4.69, 9.17) is 14.2 Å². The third-order valence-corrected chi connectivity index (χ3v) is 5.33. The molecule has 0 bridgehead atoms. The van der Waals surface area contributed by atoms with Crippen LogP contribution in [0.3, 0.4) is 0 Å². The van der Waals surface area contributed by atoms with Crippen molar-refractivity contribution in [3.63, 3.8) is 0 Å². The van der Waals surface area contributed by atoms with Crippen LogP contribution in [-0.4, -0.2) is 29.4 Å². The van der Waals surface area contributed by atoms with Crippen LogP contribution in [-0.2, 0) is 6.61 Å². The predicted molar refractivity (Wildman–Crippen MR) is 146 cm³/mol. The Labute approximate surface area is 220 Å². The van der Waals surface area contributed by atoms with E-state index in [9.17, 15) is 10.1 Å². The number of nitrogens with zero attached hydrogens (tertiary/aromatic N) is 3. The molecule has 3 aromatic carbocycles. The van der Waals surface area contributed by atoms with Gasteiger partial charge in [-0.2, -0.15) is 10.4 Å². The molecule has 192 valence electrons. The van der Waals surface area contributed by atoms with Crippen LogP contribution in [0.25, 0.3) is 11.3 Å². The van der Waals surface area contributed by atoms with Crippen LogP contribution < -0.4 is 25.2 Å². The van der Waals surface area contributed by atoms with Gasteiger partial charge in [-0.1, -0.05) is 48.5 Å². The van der Waals surface area contributed by atoms with Gasteiger partial charge in [0.2, 0.25) is 5.95 Å². The molecule has 9 nitrogen and oxygen atoms in total. The van der Waals surface area contributed by atoms with E-state index in [1.54, 1.807) is 18.3 Å². The summed E-state index contributed by atoms with van der Waals surface area (Å²) >= 11 is 0. The Kier molecular flexibility index (Phi) is 8.71. The Bertz CT molecular complexity index is 1510. The highest BCUT2D eigenvalue weighted by molar-refractivity contribution is 5.80. The van der Waals surface area contributed by atoms with Gasteiger partial charge in [0, 0.05) is 5.56 Å². The van der Waals surface area contributed by atoms with Crippen LogP contribution in [0.15, 0.2) is 82.7 Å².